The molecule has 7 nitrogen and oxygen atoms in total. The number of hydrogen-bond donors (Lipinski definition) is 2. The second-order valence-electron chi connectivity index (χ2n) is 10.3. The molecule has 0 atom stereocenters. The molecule has 1 aromatic carbocycles. The number of nitrogens with one attached hydrogen (secondary N) is 2. The Hall–Kier alpha value is -2.49. The summed E-state index contributed by atoms with van der Waals surface area (Å²) in [4.78, 5) is 20.6. The van der Waals surface area contributed by atoms with Crippen molar-refractivity contribution in [2.75, 3.05) is 29.9 Å². The fourth-order valence-corrected chi connectivity index (χ4v) is 6.35. The van der Waals surface area contributed by atoms with Gasteiger partial charge in [-0.15, -0.1) is 0 Å². The van der Waals surface area contributed by atoms with Crippen molar-refractivity contribution >= 4 is 52.5 Å². The highest BCUT2D eigenvalue weighted by Crippen LogP contribution is 2.39. The predicted octanol–water partition coefficient (Wildman–Crippen LogP) is 6.50. The molecule has 5 rings (SSSR count). The van der Waals surface area contributed by atoms with Gasteiger partial charge in [0.25, 0.3) is 0 Å². The molecule has 200 valence electrons. The lowest BCUT2D eigenvalue weighted by molar-refractivity contribution is 0.292. The molecule has 38 heavy (non-hydrogen) atoms. The number of anilines is 2. The van der Waals surface area contributed by atoms with Crippen molar-refractivity contribution in [2.24, 2.45) is 5.92 Å². The van der Waals surface area contributed by atoms with E-state index in [1.807, 2.05) is 24.3 Å². The molecule has 0 spiro atoms. The maximum Gasteiger partial charge on any atom is 0.232 e. The first-order valence-corrected chi connectivity index (χ1v) is 15.0. The van der Waals surface area contributed by atoms with Gasteiger partial charge in [0, 0.05) is 48.5 Å². The third kappa shape index (κ3) is 6.93. The Bertz CT molecular complexity index is 1210. The molecule has 2 fully saturated rings. The van der Waals surface area contributed by atoms with Gasteiger partial charge in [-0.25, -0.2) is 15.0 Å². The van der Waals surface area contributed by atoms with Crippen LogP contribution in [-0.4, -0.2) is 44.7 Å². The third-order valence-electron chi connectivity index (χ3n) is 7.61. The standard InChI is InChI=1S/C28H34ClN7S2/c1-20-10-16-36(17-11-20)23-18-24(38-27-30-14-5-15-31-27)34-25(33-23)35-26(37)32-19-28(12-3-2-4-13-28)21-6-8-22(29)9-7-21/h5-9,14-15,18,20H,2-4,10-13,16-17,19H2,1H3,(H2,32,33,34,35,37). The number of rotatable bonds is 7. The van der Waals surface area contributed by atoms with E-state index in [-0.39, 0.29) is 5.41 Å². The number of hydrogen-bond acceptors (Lipinski definition) is 7. The van der Waals surface area contributed by atoms with Crippen molar-refractivity contribution in [1.82, 2.24) is 25.3 Å². The van der Waals surface area contributed by atoms with Crippen molar-refractivity contribution in [1.29, 1.82) is 0 Å². The van der Waals surface area contributed by atoms with Gasteiger partial charge in [0.1, 0.15) is 10.8 Å². The summed E-state index contributed by atoms with van der Waals surface area (Å²) in [5, 5.41) is 9.49. The molecule has 3 heterocycles. The molecule has 1 saturated carbocycles. The second-order valence-corrected chi connectivity index (χ2v) is 12.2. The second kappa shape index (κ2) is 12.6. The topological polar surface area (TPSA) is 78.9 Å². The average Bonchev–Trinajstić information content (AvgIpc) is 2.94. The number of aromatic nitrogens is 4. The first-order valence-electron chi connectivity index (χ1n) is 13.4. The van der Waals surface area contributed by atoms with Crippen molar-refractivity contribution in [3.63, 3.8) is 0 Å². The Balaban J connectivity index is 1.32. The molecule has 0 bridgehead atoms. The highest BCUT2D eigenvalue weighted by atomic mass is 35.5. The van der Waals surface area contributed by atoms with E-state index in [2.05, 4.69) is 44.6 Å². The lowest BCUT2D eigenvalue weighted by Gasteiger charge is -2.38. The van der Waals surface area contributed by atoms with E-state index >= 15 is 0 Å². The number of piperidine rings is 1. The van der Waals surface area contributed by atoms with Crippen molar-refractivity contribution in [2.45, 2.75) is 67.5 Å². The fourth-order valence-electron chi connectivity index (χ4n) is 5.35. The molecule has 2 aromatic heterocycles. The van der Waals surface area contributed by atoms with Crippen LogP contribution in [0.5, 0.6) is 0 Å². The Morgan fingerprint density at radius 1 is 1.08 bits per heavy atom. The van der Waals surface area contributed by atoms with E-state index in [4.69, 9.17) is 33.8 Å². The minimum Gasteiger partial charge on any atom is -0.361 e. The first-order chi connectivity index (χ1) is 18.5. The fraction of sp³-hybridized carbons (Fsp3) is 0.464. The third-order valence-corrected chi connectivity index (χ3v) is 8.92. The summed E-state index contributed by atoms with van der Waals surface area (Å²) >= 11 is 13.4. The number of halogens is 1. The molecule has 0 amide bonds. The van der Waals surface area contributed by atoms with E-state index < -0.39 is 0 Å². The van der Waals surface area contributed by atoms with Gasteiger partial charge in [-0.05, 0) is 79.3 Å². The van der Waals surface area contributed by atoms with E-state index in [1.165, 1.54) is 36.6 Å². The maximum absolute atomic E-state index is 6.18. The minimum atomic E-state index is 0.0352. The number of thiocarbonyl (C=S) groups is 1. The van der Waals surface area contributed by atoms with Gasteiger partial charge >= 0.3 is 0 Å². The van der Waals surface area contributed by atoms with Crippen LogP contribution in [0.15, 0.2) is 59.0 Å². The predicted molar refractivity (Wildman–Crippen MR) is 159 cm³/mol. The maximum atomic E-state index is 6.18. The number of nitrogens with zero attached hydrogens (tertiary/aromatic N) is 5. The molecule has 1 aliphatic carbocycles. The lowest BCUT2D eigenvalue weighted by atomic mass is 9.69. The molecule has 0 unspecified atom stereocenters. The van der Waals surface area contributed by atoms with Gasteiger partial charge in [-0.2, -0.15) is 4.98 Å². The molecule has 1 saturated heterocycles. The summed E-state index contributed by atoms with van der Waals surface area (Å²) in [5.41, 5.74) is 1.35. The molecule has 10 heteroatoms. The van der Waals surface area contributed by atoms with Crippen LogP contribution in [0.1, 0.15) is 57.4 Å². The zero-order chi connectivity index (χ0) is 26.4. The monoisotopic (exact) mass is 567 g/mol. The van der Waals surface area contributed by atoms with Gasteiger partial charge in [-0.1, -0.05) is 49.9 Å². The number of benzene rings is 1. The molecule has 0 radical (unpaired) electrons. The Morgan fingerprint density at radius 3 is 2.50 bits per heavy atom. The summed E-state index contributed by atoms with van der Waals surface area (Å²) in [5.74, 6) is 2.13. The van der Waals surface area contributed by atoms with Crippen LogP contribution in [0, 0.1) is 5.92 Å². The molecular formula is C28H34ClN7S2. The molecule has 2 N–H and O–H groups in total. The SMILES string of the molecule is CC1CCN(c2cc(Sc3ncccn3)nc(NC(=S)NCC3(c4ccc(Cl)cc4)CCCCC3)n2)CC1. The van der Waals surface area contributed by atoms with Gasteiger partial charge < -0.3 is 15.5 Å². The molecular weight excluding hydrogens is 534 g/mol. The molecule has 1 aliphatic heterocycles. The summed E-state index contributed by atoms with van der Waals surface area (Å²) < 4.78 is 0. The highest BCUT2D eigenvalue weighted by molar-refractivity contribution is 7.99. The van der Waals surface area contributed by atoms with Gasteiger partial charge in [0.2, 0.25) is 5.95 Å². The van der Waals surface area contributed by atoms with E-state index in [1.54, 1.807) is 12.4 Å². The van der Waals surface area contributed by atoms with Gasteiger partial charge in [0.05, 0.1) is 0 Å². The van der Waals surface area contributed by atoms with Crippen LogP contribution in [0.2, 0.25) is 5.02 Å². The zero-order valence-corrected chi connectivity index (χ0v) is 24.1. The summed E-state index contributed by atoms with van der Waals surface area (Å²) in [6, 6.07) is 12.1. The normalized spacial score (nSPS) is 17.7. The van der Waals surface area contributed by atoms with E-state index in [9.17, 15) is 0 Å². The van der Waals surface area contributed by atoms with Crippen LogP contribution >= 0.6 is 35.6 Å². The van der Waals surface area contributed by atoms with E-state index in [0.29, 0.717) is 16.2 Å². The quantitative estimate of drug-likeness (QED) is 0.189. The molecule has 3 aromatic rings. The summed E-state index contributed by atoms with van der Waals surface area (Å²) in [6.07, 6.45) is 11.8. The van der Waals surface area contributed by atoms with Crippen LogP contribution in [0.4, 0.5) is 11.8 Å². The average molecular weight is 568 g/mol. The van der Waals surface area contributed by atoms with Crippen LogP contribution in [0.3, 0.4) is 0 Å². The van der Waals surface area contributed by atoms with E-state index in [0.717, 1.165) is 67.1 Å². The van der Waals surface area contributed by atoms with Crippen molar-refractivity contribution < 1.29 is 0 Å². The Labute approximate surface area is 239 Å². The van der Waals surface area contributed by atoms with Crippen molar-refractivity contribution in [3.05, 3.63) is 59.4 Å². The molecule has 2 aliphatic rings. The Kier molecular flexibility index (Phi) is 8.97. The summed E-state index contributed by atoms with van der Waals surface area (Å²) in [6.45, 7) is 5.03. The smallest absolute Gasteiger partial charge is 0.232 e. The van der Waals surface area contributed by atoms with Crippen molar-refractivity contribution in [3.8, 4) is 0 Å². The van der Waals surface area contributed by atoms with Crippen LogP contribution in [-0.2, 0) is 5.41 Å². The zero-order valence-electron chi connectivity index (χ0n) is 21.7. The lowest BCUT2D eigenvalue weighted by Crippen LogP contribution is -2.43. The van der Waals surface area contributed by atoms with Crippen LogP contribution in [0.25, 0.3) is 0 Å². The van der Waals surface area contributed by atoms with Crippen LogP contribution < -0.4 is 15.5 Å². The largest absolute Gasteiger partial charge is 0.361 e. The van der Waals surface area contributed by atoms with Gasteiger partial charge in [0.15, 0.2) is 10.3 Å². The highest BCUT2D eigenvalue weighted by Gasteiger charge is 2.34. The minimum absolute atomic E-state index is 0.0352. The van der Waals surface area contributed by atoms with Gasteiger partial charge in [-0.3, -0.25) is 0 Å². The summed E-state index contributed by atoms with van der Waals surface area (Å²) in [7, 11) is 0. The first kappa shape index (κ1) is 27.1. The Morgan fingerprint density at radius 2 is 1.79 bits per heavy atom.